The highest BCUT2D eigenvalue weighted by Crippen LogP contribution is 2.27. The van der Waals surface area contributed by atoms with Crippen molar-refractivity contribution < 1.29 is 22.7 Å². The van der Waals surface area contributed by atoms with E-state index in [-0.39, 0.29) is 11.7 Å². The highest BCUT2D eigenvalue weighted by molar-refractivity contribution is 7.92. The number of aryl methyl sites for hydroxylation is 1. The second-order valence-electron chi connectivity index (χ2n) is 6.62. The fraction of sp³-hybridized carbons (Fsp3) is 0.300. The van der Waals surface area contributed by atoms with Gasteiger partial charge in [0, 0.05) is 17.8 Å². The number of benzene rings is 2. The van der Waals surface area contributed by atoms with Crippen LogP contribution in [0.1, 0.15) is 39.1 Å². The van der Waals surface area contributed by atoms with Crippen LogP contribution in [-0.4, -0.2) is 39.7 Å². The molecule has 7 nitrogen and oxygen atoms in total. The third-order valence-corrected chi connectivity index (χ3v) is 6.50. The molecule has 0 aliphatic carbocycles. The van der Waals surface area contributed by atoms with Crippen LogP contribution in [0.2, 0.25) is 0 Å². The number of ether oxygens (including phenoxy) is 1. The minimum absolute atomic E-state index is 0.149. The van der Waals surface area contributed by atoms with E-state index in [1.807, 2.05) is 0 Å². The third kappa shape index (κ3) is 4.17. The summed E-state index contributed by atoms with van der Waals surface area (Å²) in [6, 6.07) is 11.3. The standard InChI is InChI=1S/C20H22N2O5S/c1-14-13-16(7-10-18(14)22-11-3-4-12-28(22,25)26)19(23)21-17-8-5-15(6-9-17)20(24)27-2/h5-10,13H,3-4,11-12H2,1-2H3,(H,21,23). The van der Waals surface area contributed by atoms with Crippen molar-refractivity contribution in [2.24, 2.45) is 0 Å². The van der Waals surface area contributed by atoms with E-state index < -0.39 is 16.0 Å². The molecule has 2 aromatic rings. The third-order valence-electron chi connectivity index (χ3n) is 4.64. The van der Waals surface area contributed by atoms with Crippen molar-refractivity contribution in [3.05, 3.63) is 59.2 Å². The zero-order chi connectivity index (χ0) is 20.3. The topological polar surface area (TPSA) is 92.8 Å². The molecule has 1 N–H and O–H groups in total. The van der Waals surface area contributed by atoms with Crippen molar-refractivity contribution >= 4 is 33.3 Å². The molecule has 0 bridgehead atoms. The van der Waals surface area contributed by atoms with E-state index in [1.54, 1.807) is 49.4 Å². The number of nitrogens with zero attached hydrogens (tertiary/aromatic N) is 1. The summed E-state index contributed by atoms with van der Waals surface area (Å²) in [5, 5.41) is 2.76. The average Bonchev–Trinajstić information content (AvgIpc) is 2.68. The van der Waals surface area contributed by atoms with Gasteiger partial charge in [0.2, 0.25) is 10.0 Å². The Kier molecular flexibility index (Phi) is 5.69. The summed E-state index contributed by atoms with van der Waals surface area (Å²) in [6.07, 6.45) is 1.50. The number of carbonyl (C=O) groups excluding carboxylic acids is 2. The Morgan fingerprint density at radius 2 is 1.71 bits per heavy atom. The van der Waals surface area contributed by atoms with Gasteiger partial charge in [0.1, 0.15) is 0 Å². The number of sulfonamides is 1. The summed E-state index contributed by atoms with van der Waals surface area (Å²) in [7, 11) is -1.99. The molecule has 0 unspecified atom stereocenters. The summed E-state index contributed by atoms with van der Waals surface area (Å²) < 4.78 is 30.7. The Hall–Kier alpha value is -2.87. The van der Waals surface area contributed by atoms with Gasteiger partial charge in [0.25, 0.3) is 5.91 Å². The fourth-order valence-electron chi connectivity index (χ4n) is 3.15. The van der Waals surface area contributed by atoms with Crippen LogP contribution in [0.15, 0.2) is 42.5 Å². The van der Waals surface area contributed by atoms with Gasteiger partial charge in [-0.3, -0.25) is 9.10 Å². The minimum Gasteiger partial charge on any atom is -0.465 e. The summed E-state index contributed by atoms with van der Waals surface area (Å²) in [5.74, 6) is -0.616. The molecular weight excluding hydrogens is 380 g/mol. The number of amides is 1. The van der Waals surface area contributed by atoms with Gasteiger partial charge in [-0.05, 0) is 67.8 Å². The van der Waals surface area contributed by atoms with Crippen molar-refractivity contribution in [3.63, 3.8) is 0 Å². The van der Waals surface area contributed by atoms with E-state index in [0.717, 1.165) is 12.0 Å². The van der Waals surface area contributed by atoms with E-state index in [9.17, 15) is 18.0 Å². The van der Waals surface area contributed by atoms with Crippen LogP contribution in [-0.2, 0) is 14.8 Å². The quantitative estimate of drug-likeness (QED) is 0.794. The van der Waals surface area contributed by atoms with Crippen LogP contribution in [0.25, 0.3) is 0 Å². The van der Waals surface area contributed by atoms with Crippen LogP contribution in [0.5, 0.6) is 0 Å². The van der Waals surface area contributed by atoms with Gasteiger partial charge in [-0.2, -0.15) is 0 Å². The van der Waals surface area contributed by atoms with Gasteiger partial charge in [-0.15, -0.1) is 0 Å². The summed E-state index contributed by atoms with van der Waals surface area (Å²) in [6.45, 7) is 2.25. The lowest BCUT2D eigenvalue weighted by Crippen LogP contribution is -2.38. The number of methoxy groups -OCH3 is 1. The summed E-state index contributed by atoms with van der Waals surface area (Å²) >= 11 is 0. The maximum atomic E-state index is 12.5. The molecule has 1 aliphatic heterocycles. The van der Waals surface area contributed by atoms with E-state index in [2.05, 4.69) is 10.1 Å². The Labute approximate surface area is 164 Å². The number of carbonyl (C=O) groups is 2. The zero-order valence-electron chi connectivity index (χ0n) is 15.8. The lowest BCUT2D eigenvalue weighted by molar-refractivity contribution is 0.0600. The van der Waals surface area contributed by atoms with Crippen molar-refractivity contribution in [3.8, 4) is 0 Å². The number of hydrogen-bond donors (Lipinski definition) is 1. The molecule has 0 saturated carbocycles. The predicted octanol–water partition coefficient (Wildman–Crippen LogP) is 2.96. The molecule has 0 radical (unpaired) electrons. The smallest absolute Gasteiger partial charge is 0.337 e. The number of nitrogens with one attached hydrogen (secondary N) is 1. The Morgan fingerprint density at radius 1 is 1.04 bits per heavy atom. The Bertz CT molecular complexity index is 1000. The molecular formula is C20H22N2O5S. The van der Waals surface area contributed by atoms with Crippen molar-refractivity contribution in [1.29, 1.82) is 0 Å². The largest absolute Gasteiger partial charge is 0.465 e. The minimum atomic E-state index is -3.30. The van der Waals surface area contributed by atoms with Crippen LogP contribution in [0.4, 0.5) is 11.4 Å². The first kappa shape index (κ1) is 19.9. The van der Waals surface area contributed by atoms with Crippen molar-refractivity contribution in [2.75, 3.05) is 29.0 Å². The Balaban J connectivity index is 1.76. The van der Waals surface area contributed by atoms with Gasteiger partial charge in [-0.25, -0.2) is 13.2 Å². The first-order chi connectivity index (χ1) is 13.3. The Morgan fingerprint density at radius 3 is 2.32 bits per heavy atom. The summed E-state index contributed by atoms with van der Waals surface area (Å²) in [5.41, 5.74) is 2.69. The maximum Gasteiger partial charge on any atom is 0.337 e. The van der Waals surface area contributed by atoms with Crippen LogP contribution < -0.4 is 9.62 Å². The first-order valence-corrected chi connectivity index (χ1v) is 10.5. The number of anilines is 2. The van der Waals surface area contributed by atoms with Gasteiger partial charge >= 0.3 is 5.97 Å². The highest BCUT2D eigenvalue weighted by Gasteiger charge is 2.27. The molecule has 2 aromatic carbocycles. The molecule has 0 spiro atoms. The molecule has 0 atom stereocenters. The van der Waals surface area contributed by atoms with E-state index in [4.69, 9.17) is 0 Å². The monoisotopic (exact) mass is 402 g/mol. The van der Waals surface area contributed by atoms with Crippen LogP contribution in [0.3, 0.4) is 0 Å². The molecule has 1 saturated heterocycles. The normalized spacial score (nSPS) is 15.7. The number of esters is 1. The maximum absolute atomic E-state index is 12.5. The highest BCUT2D eigenvalue weighted by atomic mass is 32.2. The number of hydrogen-bond acceptors (Lipinski definition) is 5. The molecule has 28 heavy (non-hydrogen) atoms. The SMILES string of the molecule is COC(=O)c1ccc(NC(=O)c2ccc(N3CCCCS3(=O)=O)c(C)c2)cc1. The van der Waals surface area contributed by atoms with Crippen LogP contribution >= 0.6 is 0 Å². The number of rotatable bonds is 4. The van der Waals surface area contributed by atoms with E-state index in [0.29, 0.717) is 35.5 Å². The summed E-state index contributed by atoms with van der Waals surface area (Å²) in [4.78, 5) is 24.0. The average molecular weight is 402 g/mol. The molecule has 1 heterocycles. The first-order valence-electron chi connectivity index (χ1n) is 8.92. The molecule has 8 heteroatoms. The van der Waals surface area contributed by atoms with E-state index in [1.165, 1.54) is 11.4 Å². The predicted molar refractivity (Wildman–Crippen MR) is 107 cm³/mol. The molecule has 1 aliphatic rings. The van der Waals surface area contributed by atoms with Gasteiger partial charge in [0.15, 0.2) is 0 Å². The van der Waals surface area contributed by atoms with Gasteiger partial charge < -0.3 is 10.1 Å². The molecule has 0 aromatic heterocycles. The van der Waals surface area contributed by atoms with Gasteiger partial charge in [-0.1, -0.05) is 0 Å². The zero-order valence-corrected chi connectivity index (χ0v) is 16.6. The fourth-order valence-corrected chi connectivity index (χ4v) is 4.85. The van der Waals surface area contributed by atoms with Crippen molar-refractivity contribution in [1.82, 2.24) is 0 Å². The second-order valence-corrected chi connectivity index (χ2v) is 8.63. The van der Waals surface area contributed by atoms with Crippen LogP contribution in [0, 0.1) is 6.92 Å². The van der Waals surface area contributed by atoms with Gasteiger partial charge in [0.05, 0.1) is 24.1 Å². The molecule has 1 fully saturated rings. The molecule has 3 rings (SSSR count). The van der Waals surface area contributed by atoms with Crippen molar-refractivity contribution in [2.45, 2.75) is 19.8 Å². The van der Waals surface area contributed by atoms with E-state index >= 15 is 0 Å². The molecule has 148 valence electrons. The molecule has 1 amide bonds. The lowest BCUT2D eigenvalue weighted by Gasteiger charge is -2.29. The lowest BCUT2D eigenvalue weighted by atomic mass is 10.1. The second kappa shape index (κ2) is 8.02.